The number of nitrogens with zero attached hydrogens (tertiary/aromatic N) is 2. The predicted molar refractivity (Wildman–Crippen MR) is 73.6 cm³/mol. The number of benzene rings is 1. The molecule has 2 aromatic rings. The van der Waals surface area contributed by atoms with Gasteiger partial charge < -0.3 is 5.32 Å². The molecule has 0 saturated heterocycles. The maximum absolute atomic E-state index is 6.05. The summed E-state index contributed by atoms with van der Waals surface area (Å²) in [6, 6.07) is 7.54. The van der Waals surface area contributed by atoms with Gasteiger partial charge in [0.25, 0.3) is 0 Å². The predicted octanol–water partition coefficient (Wildman–Crippen LogP) is 2.68. The summed E-state index contributed by atoms with van der Waals surface area (Å²) in [5.41, 5.74) is 3.31. The lowest BCUT2D eigenvalue weighted by Crippen LogP contribution is -2.12. The van der Waals surface area contributed by atoms with E-state index in [1.165, 1.54) is 6.20 Å². The fourth-order valence-corrected chi connectivity index (χ4v) is 1.74. The highest BCUT2D eigenvalue weighted by atomic mass is 35.5. The maximum atomic E-state index is 6.05. The topological polar surface area (TPSA) is 75.9 Å². The first-order valence-electron chi connectivity index (χ1n) is 5.17. The van der Waals surface area contributed by atoms with E-state index in [0.29, 0.717) is 28.4 Å². The molecular formula is C11H11Cl2N5. The van der Waals surface area contributed by atoms with Gasteiger partial charge >= 0.3 is 0 Å². The Morgan fingerprint density at radius 2 is 1.94 bits per heavy atom. The Morgan fingerprint density at radius 3 is 2.67 bits per heavy atom. The van der Waals surface area contributed by atoms with Crippen molar-refractivity contribution in [1.29, 1.82) is 0 Å². The number of halogens is 2. The standard InChI is InChI=1S/C11H11Cl2N5/c12-8-4-2-1-3-7(8)5-15-10-9(13)6-16-11(17-10)18-14/h1-4,6H,5,14H2,(H2,15,16,17,18). The van der Waals surface area contributed by atoms with Crippen molar-refractivity contribution in [1.82, 2.24) is 9.97 Å². The van der Waals surface area contributed by atoms with Gasteiger partial charge in [0, 0.05) is 11.6 Å². The summed E-state index contributed by atoms with van der Waals surface area (Å²) < 4.78 is 0. The molecule has 0 spiro atoms. The molecule has 4 N–H and O–H groups in total. The summed E-state index contributed by atoms with van der Waals surface area (Å²) in [6.07, 6.45) is 1.47. The van der Waals surface area contributed by atoms with Gasteiger partial charge in [-0.1, -0.05) is 41.4 Å². The van der Waals surface area contributed by atoms with Gasteiger partial charge in [-0.05, 0) is 11.6 Å². The molecule has 0 atom stereocenters. The van der Waals surface area contributed by atoms with Crippen LogP contribution in [0.3, 0.4) is 0 Å². The van der Waals surface area contributed by atoms with E-state index >= 15 is 0 Å². The SMILES string of the molecule is NNc1ncc(Cl)c(NCc2ccccc2Cl)n1. The molecule has 18 heavy (non-hydrogen) atoms. The van der Waals surface area contributed by atoms with Crippen LogP contribution in [0.4, 0.5) is 11.8 Å². The molecule has 2 rings (SSSR count). The van der Waals surface area contributed by atoms with E-state index in [0.717, 1.165) is 5.56 Å². The molecule has 1 aromatic carbocycles. The van der Waals surface area contributed by atoms with E-state index in [-0.39, 0.29) is 0 Å². The average molecular weight is 284 g/mol. The van der Waals surface area contributed by atoms with Gasteiger partial charge in [0.05, 0.1) is 6.20 Å². The molecule has 0 aliphatic rings. The van der Waals surface area contributed by atoms with Gasteiger partial charge in [0.1, 0.15) is 5.02 Å². The molecule has 0 aliphatic carbocycles. The van der Waals surface area contributed by atoms with Crippen molar-refractivity contribution in [2.45, 2.75) is 6.54 Å². The summed E-state index contributed by atoms with van der Waals surface area (Å²) in [5, 5.41) is 4.19. The summed E-state index contributed by atoms with van der Waals surface area (Å²) in [7, 11) is 0. The van der Waals surface area contributed by atoms with E-state index in [9.17, 15) is 0 Å². The number of hydrogen-bond acceptors (Lipinski definition) is 5. The second-order valence-corrected chi connectivity index (χ2v) is 4.29. The molecule has 7 heteroatoms. The number of rotatable bonds is 4. The molecule has 0 amide bonds. The number of nitrogens with one attached hydrogen (secondary N) is 2. The molecule has 0 aliphatic heterocycles. The lowest BCUT2D eigenvalue weighted by Gasteiger charge is -2.09. The van der Waals surface area contributed by atoms with Crippen molar-refractivity contribution in [3.05, 3.63) is 46.1 Å². The van der Waals surface area contributed by atoms with Crippen LogP contribution in [-0.4, -0.2) is 9.97 Å². The van der Waals surface area contributed by atoms with Crippen molar-refractivity contribution in [2.24, 2.45) is 5.84 Å². The zero-order chi connectivity index (χ0) is 13.0. The smallest absolute Gasteiger partial charge is 0.239 e. The second kappa shape index (κ2) is 5.86. The number of anilines is 2. The lowest BCUT2D eigenvalue weighted by molar-refractivity contribution is 1.07. The Hall–Kier alpha value is -1.56. The monoisotopic (exact) mass is 283 g/mol. The van der Waals surface area contributed by atoms with Crippen LogP contribution in [0.5, 0.6) is 0 Å². The normalized spacial score (nSPS) is 10.2. The summed E-state index contributed by atoms with van der Waals surface area (Å²) >= 11 is 12.0. The molecular weight excluding hydrogens is 273 g/mol. The third-order valence-electron chi connectivity index (χ3n) is 2.28. The van der Waals surface area contributed by atoms with E-state index in [1.807, 2.05) is 24.3 Å². The fraction of sp³-hybridized carbons (Fsp3) is 0.0909. The highest BCUT2D eigenvalue weighted by Crippen LogP contribution is 2.21. The quantitative estimate of drug-likeness (QED) is 0.594. The van der Waals surface area contributed by atoms with Crippen LogP contribution in [0.25, 0.3) is 0 Å². The Morgan fingerprint density at radius 1 is 1.17 bits per heavy atom. The number of nitrogen functional groups attached to an aromatic ring is 1. The van der Waals surface area contributed by atoms with Crippen LogP contribution in [0.15, 0.2) is 30.5 Å². The Kier molecular flexibility index (Phi) is 4.19. The summed E-state index contributed by atoms with van der Waals surface area (Å²) in [5.74, 6) is 6.03. The Labute approximate surface area is 114 Å². The van der Waals surface area contributed by atoms with Gasteiger partial charge in [-0.15, -0.1) is 0 Å². The van der Waals surface area contributed by atoms with E-state index < -0.39 is 0 Å². The van der Waals surface area contributed by atoms with E-state index in [1.54, 1.807) is 0 Å². The highest BCUT2D eigenvalue weighted by molar-refractivity contribution is 6.33. The molecule has 0 bridgehead atoms. The fourth-order valence-electron chi connectivity index (χ4n) is 1.38. The third kappa shape index (κ3) is 3.01. The van der Waals surface area contributed by atoms with Crippen LogP contribution < -0.4 is 16.6 Å². The minimum Gasteiger partial charge on any atom is -0.365 e. The summed E-state index contributed by atoms with van der Waals surface area (Å²) in [4.78, 5) is 7.99. The van der Waals surface area contributed by atoms with Gasteiger partial charge in [0.15, 0.2) is 5.82 Å². The van der Waals surface area contributed by atoms with Crippen LogP contribution in [0.1, 0.15) is 5.56 Å². The van der Waals surface area contributed by atoms with Crippen molar-refractivity contribution in [2.75, 3.05) is 10.7 Å². The first-order valence-corrected chi connectivity index (χ1v) is 5.92. The van der Waals surface area contributed by atoms with Crippen LogP contribution >= 0.6 is 23.2 Å². The number of hydrogen-bond donors (Lipinski definition) is 3. The third-order valence-corrected chi connectivity index (χ3v) is 2.92. The van der Waals surface area contributed by atoms with E-state index in [4.69, 9.17) is 29.0 Å². The molecule has 0 radical (unpaired) electrons. The highest BCUT2D eigenvalue weighted by Gasteiger charge is 2.05. The van der Waals surface area contributed by atoms with Gasteiger partial charge in [0.2, 0.25) is 5.95 Å². The van der Waals surface area contributed by atoms with Gasteiger partial charge in [-0.2, -0.15) is 4.98 Å². The Bertz CT molecular complexity index is 547. The van der Waals surface area contributed by atoms with Gasteiger partial charge in [-0.25, -0.2) is 10.8 Å². The molecule has 0 saturated carbocycles. The first kappa shape index (κ1) is 12.9. The number of hydrazine groups is 1. The van der Waals surface area contributed by atoms with Crippen LogP contribution in [-0.2, 0) is 6.54 Å². The van der Waals surface area contributed by atoms with Crippen molar-refractivity contribution >= 4 is 35.0 Å². The Balaban J connectivity index is 2.13. The number of nitrogens with two attached hydrogens (primary N) is 1. The van der Waals surface area contributed by atoms with Gasteiger partial charge in [-0.3, -0.25) is 5.43 Å². The van der Waals surface area contributed by atoms with Crippen molar-refractivity contribution < 1.29 is 0 Å². The minimum absolute atomic E-state index is 0.293. The molecule has 1 heterocycles. The minimum atomic E-state index is 0.293. The largest absolute Gasteiger partial charge is 0.365 e. The summed E-state index contributed by atoms with van der Waals surface area (Å²) in [6.45, 7) is 0.514. The first-order chi connectivity index (χ1) is 8.70. The molecule has 5 nitrogen and oxygen atoms in total. The molecule has 1 aromatic heterocycles. The molecule has 0 fully saturated rings. The van der Waals surface area contributed by atoms with Crippen molar-refractivity contribution in [3.8, 4) is 0 Å². The molecule has 94 valence electrons. The second-order valence-electron chi connectivity index (χ2n) is 3.48. The van der Waals surface area contributed by atoms with Crippen LogP contribution in [0.2, 0.25) is 10.0 Å². The lowest BCUT2D eigenvalue weighted by atomic mass is 10.2. The average Bonchev–Trinajstić information content (AvgIpc) is 2.39. The maximum Gasteiger partial charge on any atom is 0.239 e. The zero-order valence-electron chi connectivity index (χ0n) is 9.32. The number of aromatic nitrogens is 2. The molecule has 0 unspecified atom stereocenters. The van der Waals surface area contributed by atoms with Crippen LogP contribution in [0, 0.1) is 0 Å². The van der Waals surface area contributed by atoms with Crippen molar-refractivity contribution in [3.63, 3.8) is 0 Å². The zero-order valence-corrected chi connectivity index (χ0v) is 10.8. The van der Waals surface area contributed by atoms with E-state index in [2.05, 4.69) is 20.7 Å².